The Morgan fingerprint density at radius 3 is 2.65 bits per heavy atom. The molecule has 104 valence electrons. The third-order valence-electron chi connectivity index (χ3n) is 3.69. The molecule has 1 aliphatic rings. The van der Waals surface area contributed by atoms with Crippen LogP contribution in [-0.2, 0) is 0 Å². The fourth-order valence-corrected chi connectivity index (χ4v) is 2.82. The number of hydrogen-bond acceptors (Lipinski definition) is 4. The van der Waals surface area contributed by atoms with Gasteiger partial charge < -0.3 is 4.74 Å². The van der Waals surface area contributed by atoms with Gasteiger partial charge in [-0.05, 0) is 25.0 Å². The molecule has 0 bridgehead atoms. The van der Waals surface area contributed by atoms with Crippen molar-refractivity contribution in [2.75, 3.05) is 7.11 Å². The summed E-state index contributed by atoms with van der Waals surface area (Å²) in [5.74, 6) is 1.72. The number of aromatic nitrogens is 3. The molecule has 2 heterocycles. The van der Waals surface area contributed by atoms with E-state index in [4.69, 9.17) is 16.3 Å². The van der Waals surface area contributed by atoms with E-state index in [9.17, 15) is 0 Å². The summed E-state index contributed by atoms with van der Waals surface area (Å²) >= 11 is 6.14. The molecule has 1 saturated carbocycles. The minimum Gasteiger partial charge on any atom is -0.481 e. The first-order valence-corrected chi connectivity index (χ1v) is 7.19. The summed E-state index contributed by atoms with van der Waals surface area (Å²) in [5.41, 5.74) is 1.90. The summed E-state index contributed by atoms with van der Waals surface area (Å²) in [4.78, 5) is 13.2. The van der Waals surface area contributed by atoms with Gasteiger partial charge in [-0.1, -0.05) is 24.4 Å². The predicted molar refractivity (Wildman–Crippen MR) is 78.0 cm³/mol. The number of rotatable bonds is 3. The van der Waals surface area contributed by atoms with Crippen LogP contribution >= 0.6 is 11.6 Å². The predicted octanol–water partition coefficient (Wildman–Crippen LogP) is 3.86. The monoisotopic (exact) mass is 289 g/mol. The van der Waals surface area contributed by atoms with Gasteiger partial charge >= 0.3 is 0 Å². The number of nitrogens with zero attached hydrogens (tertiary/aromatic N) is 3. The van der Waals surface area contributed by atoms with Gasteiger partial charge in [0, 0.05) is 29.4 Å². The van der Waals surface area contributed by atoms with Gasteiger partial charge in [-0.3, -0.25) is 0 Å². The second-order valence-corrected chi connectivity index (χ2v) is 5.40. The van der Waals surface area contributed by atoms with E-state index in [0.29, 0.717) is 22.8 Å². The van der Waals surface area contributed by atoms with Crippen molar-refractivity contribution in [3.8, 4) is 17.3 Å². The standard InChI is InChI=1S/C15H16ClN3O/c1-20-14-7-6-11(9-17-14)15-18-12(8-13(16)19-15)10-4-2-3-5-10/h6-10H,2-5H2,1H3. The SMILES string of the molecule is COc1ccc(-c2nc(Cl)cc(C3CCCC3)n2)cn1. The van der Waals surface area contributed by atoms with E-state index < -0.39 is 0 Å². The van der Waals surface area contributed by atoms with Gasteiger partial charge in [0.25, 0.3) is 0 Å². The average molecular weight is 290 g/mol. The Labute approximate surface area is 123 Å². The van der Waals surface area contributed by atoms with Crippen molar-refractivity contribution in [3.05, 3.63) is 35.2 Å². The zero-order chi connectivity index (χ0) is 13.9. The van der Waals surface area contributed by atoms with E-state index in [0.717, 1.165) is 11.3 Å². The first kappa shape index (κ1) is 13.3. The Hall–Kier alpha value is -1.68. The average Bonchev–Trinajstić information content (AvgIpc) is 3.01. The van der Waals surface area contributed by atoms with Crippen molar-refractivity contribution in [3.63, 3.8) is 0 Å². The summed E-state index contributed by atoms with van der Waals surface area (Å²) in [5, 5.41) is 0.493. The topological polar surface area (TPSA) is 47.9 Å². The highest BCUT2D eigenvalue weighted by molar-refractivity contribution is 6.29. The molecule has 1 aliphatic carbocycles. The molecule has 3 rings (SSSR count). The van der Waals surface area contributed by atoms with Crippen molar-refractivity contribution in [2.24, 2.45) is 0 Å². The Balaban J connectivity index is 1.95. The third-order valence-corrected chi connectivity index (χ3v) is 3.89. The fourth-order valence-electron chi connectivity index (χ4n) is 2.63. The van der Waals surface area contributed by atoms with Crippen LogP contribution in [0.5, 0.6) is 5.88 Å². The molecule has 1 fully saturated rings. The molecule has 0 spiro atoms. The molecular weight excluding hydrogens is 274 g/mol. The number of ether oxygens (including phenoxy) is 1. The van der Waals surface area contributed by atoms with Crippen molar-refractivity contribution in [2.45, 2.75) is 31.6 Å². The number of pyridine rings is 1. The van der Waals surface area contributed by atoms with Crippen LogP contribution in [0.15, 0.2) is 24.4 Å². The van der Waals surface area contributed by atoms with Crippen LogP contribution in [0.1, 0.15) is 37.3 Å². The highest BCUT2D eigenvalue weighted by atomic mass is 35.5. The zero-order valence-corrected chi connectivity index (χ0v) is 12.1. The lowest BCUT2D eigenvalue weighted by Gasteiger charge is -2.10. The van der Waals surface area contributed by atoms with E-state index in [1.54, 1.807) is 19.4 Å². The maximum absolute atomic E-state index is 6.14. The molecule has 0 radical (unpaired) electrons. The van der Waals surface area contributed by atoms with Gasteiger partial charge in [0.15, 0.2) is 5.82 Å². The van der Waals surface area contributed by atoms with Gasteiger partial charge in [0.05, 0.1) is 7.11 Å². The largest absolute Gasteiger partial charge is 0.481 e. The molecule has 5 heteroatoms. The normalized spacial score (nSPS) is 15.5. The highest BCUT2D eigenvalue weighted by Crippen LogP contribution is 2.34. The quantitative estimate of drug-likeness (QED) is 0.805. The Morgan fingerprint density at radius 2 is 2.00 bits per heavy atom. The maximum Gasteiger partial charge on any atom is 0.212 e. The van der Waals surface area contributed by atoms with Crippen LogP contribution in [0.3, 0.4) is 0 Å². The summed E-state index contributed by atoms with van der Waals surface area (Å²) in [6.45, 7) is 0. The Kier molecular flexibility index (Phi) is 3.83. The van der Waals surface area contributed by atoms with Crippen LogP contribution in [-0.4, -0.2) is 22.1 Å². The van der Waals surface area contributed by atoms with Crippen molar-refractivity contribution in [1.29, 1.82) is 0 Å². The van der Waals surface area contributed by atoms with Gasteiger partial charge in [0.2, 0.25) is 5.88 Å². The lowest BCUT2D eigenvalue weighted by Crippen LogP contribution is -2.01. The van der Waals surface area contributed by atoms with Crippen LogP contribution in [0.4, 0.5) is 0 Å². The Bertz CT molecular complexity index is 595. The molecular formula is C15H16ClN3O. The summed E-state index contributed by atoms with van der Waals surface area (Å²) in [6, 6.07) is 5.59. The maximum atomic E-state index is 6.14. The van der Waals surface area contributed by atoms with Crippen LogP contribution in [0, 0.1) is 0 Å². The van der Waals surface area contributed by atoms with Gasteiger partial charge in [-0.15, -0.1) is 0 Å². The lowest BCUT2D eigenvalue weighted by molar-refractivity contribution is 0.398. The first-order valence-electron chi connectivity index (χ1n) is 6.81. The molecule has 0 N–H and O–H groups in total. The lowest BCUT2D eigenvalue weighted by atomic mass is 10.0. The second kappa shape index (κ2) is 5.75. The fraction of sp³-hybridized carbons (Fsp3) is 0.400. The van der Waals surface area contributed by atoms with Crippen LogP contribution in [0.2, 0.25) is 5.15 Å². The van der Waals surface area contributed by atoms with Gasteiger partial charge in [-0.25, -0.2) is 15.0 Å². The first-order chi connectivity index (χ1) is 9.76. The summed E-state index contributed by atoms with van der Waals surface area (Å²) < 4.78 is 5.06. The molecule has 2 aromatic rings. The second-order valence-electron chi connectivity index (χ2n) is 5.01. The molecule has 0 amide bonds. The smallest absolute Gasteiger partial charge is 0.212 e. The van der Waals surface area contributed by atoms with E-state index >= 15 is 0 Å². The minimum atomic E-state index is 0.493. The molecule has 4 nitrogen and oxygen atoms in total. The van der Waals surface area contributed by atoms with Gasteiger partial charge in [-0.2, -0.15) is 0 Å². The zero-order valence-electron chi connectivity index (χ0n) is 11.3. The van der Waals surface area contributed by atoms with E-state index in [1.807, 2.05) is 12.1 Å². The highest BCUT2D eigenvalue weighted by Gasteiger charge is 2.20. The van der Waals surface area contributed by atoms with Gasteiger partial charge in [0.1, 0.15) is 5.15 Å². The molecule has 20 heavy (non-hydrogen) atoms. The molecule has 2 aromatic heterocycles. The number of halogens is 1. The van der Waals surface area contributed by atoms with E-state index in [2.05, 4.69) is 15.0 Å². The molecule has 0 atom stereocenters. The molecule has 0 aromatic carbocycles. The molecule has 0 aliphatic heterocycles. The summed E-state index contributed by atoms with van der Waals surface area (Å²) in [7, 11) is 1.59. The molecule has 0 saturated heterocycles. The third kappa shape index (κ3) is 2.75. The van der Waals surface area contributed by atoms with Crippen LogP contribution < -0.4 is 4.74 Å². The van der Waals surface area contributed by atoms with Crippen LogP contribution in [0.25, 0.3) is 11.4 Å². The van der Waals surface area contributed by atoms with E-state index in [1.165, 1.54) is 25.7 Å². The minimum absolute atomic E-state index is 0.493. The molecule has 0 unspecified atom stereocenters. The van der Waals surface area contributed by atoms with Crippen molar-refractivity contribution in [1.82, 2.24) is 15.0 Å². The summed E-state index contributed by atoms with van der Waals surface area (Å²) in [6.07, 6.45) is 6.63. The number of methoxy groups -OCH3 is 1. The van der Waals surface area contributed by atoms with Crippen molar-refractivity contribution >= 4 is 11.6 Å². The van der Waals surface area contributed by atoms with Crippen molar-refractivity contribution < 1.29 is 4.74 Å². The Morgan fingerprint density at radius 1 is 1.20 bits per heavy atom. The van der Waals surface area contributed by atoms with E-state index in [-0.39, 0.29) is 0 Å². The number of hydrogen-bond donors (Lipinski definition) is 0.